The first-order chi connectivity index (χ1) is 9.34. The van der Waals surface area contributed by atoms with Crippen molar-refractivity contribution >= 4 is 5.91 Å². The molecule has 4 heteroatoms. The Balaban J connectivity index is 2.26. The van der Waals surface area contributed by atoms with E-state index in [0.29, 0.717) is 12.3 Å². The summed E-state index contributed by atoms with van der Waals surface area (Å²) in [5, 5.41) is 23.1. The van der Waals surface area contributed by atoms with E-state index in [1.165, 1.54) is 0 Å². The van der Waals surface area contributed by atoms with Crippen molar-refractivity contribution in [2.45, 2.75) is 57.6 Å². The molecule has 0 aromatic carbocycles. The van der Waals surface area contributed by atoms with Gasteiger partial charge in [-0.1, -0.05) is 19.1 Å². The van der Waals surface area contributed by atoms with Crippen LogP contribution in [-0.4, -0.2) is 33.9 Å². The molecule has 3 N–H and O–H groups in total. The second-order valence-corrected chi connectivity index (χ2v) is 6.72. The summed E-state index contributed by atoms with van der Waals surface area (Å²) in [6, 6.07) is 0. The molecule has 2 aliphatic rings. The summed E-state index contributed by atoms with van der Waals surface area (Å²) in [6.45, 7) is 5.70. The van der Waals surface area contributed by atoms with Gasteiger partial charge in [0.2, 0.25) is 5.91 Å². The van der Waals surface area contributed by atoms with Crippen molar-refractivity contribution < 1.29 is 15.0 Å². The van der Waals surface area contributed by atoms with Gasteiger partial charge in [0, 0.05) is 6.61 Å². The molecule has 114 valence electrons. The van der Waals surface area contributed by atoms with Gasteiger partial charge in [0.25, 0.3) is 0 Å². The van der Waals surface area contributed by atoms with Gasteiger partial charge in [-0.3, -0.25) is 4.79 Å². The van der Waals surface area contributed by atoms with Crippen LogP contribution in [0, 0.1) is 17.8 Å². The minimum Gasteiger partial charge on any atom is -0.396 e. The van der Waals surface area contributed by atoms with Gasteiger partial charge in [0.05, 0.1) is 17.1 Å². The van der Waals surface area contributed by atoms with Crippen LogP contribution in [-0.2, 0) is 4.79 Å². The largest absolute Gasteiger partial charge is 0.396 e. The first-order valence-corrected chi connectivity index (χ1v) is 7.66. The van der Waals surface area contributed by atoms with Gasteiger partial charge < -0.3 is 15.5 Å². The van der Waals surface area contributed by atoms with E-state index in [2.05, 4.69) is 24.4 Å². The van der Waals surface area contributed by atoms with Gasteiger partial charge >= 0.3 is 0 Å². The summed E-state index contributed by atoms with van der Waals surface area (Å²) >= 11 is 0. The van der Waals surface area contributed by atoms with Crippen molar-refractivity contribution in [1.82, 2.24) is 5.32 Å². The highest BCUT2D eigenvalue weighted by atomic mass is 16.3. The van der Waals surface area contributed by atoms with Crippen molar-refractivity contribution in [1.29, 1.82) is 0 Å². The first kappa shape index (κ1) is 15.5. The van der Waals surface area contributed by atoms with Crippen LogP contribution in [0.3, 0.4) is 0 Å². The van der Waals surface area contributed by atoms with Gasteiger partial charge in [-0.15, -0.1) is 0 Å². The zero-order chi connectivity index (χ0) is 15.0. The minimum atomic E-state index is -1.14. The molecule has 1 aliphatic heterocycles. The van der Waals surface area contributed by atoms with E-state index in [1.54, 1.807) is 6.92 Å². The standard InChI is InChI=1S/C16H27NO3/c1-11(12-7-5-4-6-8-12)15(2)16(3,20)13(9-10-18)14(19)17-15/h5,7,11-13,18,20H,4,6,8-10H2,1-3H3,(H,17,19)/t11-,12+,13-,15+,16-/m0/s1. The fourth-order valence-corrected chi connectivity index (χ4v) is 3.89. The van der Waals surface area contributed by atoms with Crippen LogP contribution in [0.1, 0.15) is 46.5 Å². The lowest BCUT2D eigenvalue weighted by molar-refractivity contribution is -0.126. The summed E-state index contributed by atoms with van der Waals surface area (Å²) in [4.78, 5) is 12.2. The highest BCUT2D eigenvalue weighted by Gasteiger charge is 2.60. The number of aliphatic hydroxyl groups is 2. The number of allylic oxidation sites excluding steroid dienone is 2. The molecule has 0 bridgehead atoms. The number of nitrogens with one attached hydrogen (secondary N) is 1. The number of hydrogen-bond donors (Lipinski definition) is 3. The van der Waals surface area contributed by atoms with Crippen molar-refractivity contribution in [2.75, 3.05) is 6.61 Å². The number of rotatable bonds is 4. The van der Waals surface area contributed by atoms with Crippen molar-refractivity contribution in [3.63, 3.8) is 0 Å². The van der Waals surface area contributed by atoms with E-state index in [1.807, 2.05) is 6.92 Å². The Kier molecular flexibility index (Phi) is 4.26. The van der Waals surface area contributed by atoms with Crippen LogP contribution in [0.4, 0.5) is 0 Å². The van der Waals surface area contributed by atoms with E-state index in [0.717, 1.165) is 19.3 Å². The number of hydrogen-bond acceptors (Lipinski definition) is 3. The normalized spacial score (nSPS) is 42.5. The molecule has 1 amide bonds. The molecule has 0 unspecified atom stereocenters. The molecule has 1 saturated heterocycles. The quantitative estimate of drug-likeness (QED) is 0.686. The maximum Gasteiger partial charge on any atom is 0.226 e. The lowest BCUT2D eigenvalue weighted by atomic mass is 9.65. The van der Waals surface area contributed by atoms with Gasteiger partial charge in [0.15, 0.2) is 0 Å². The number of amides is 1. The average molecular weight is 281 g/mol. The molecular weight excluding hydrogens is 254 g/mol. The minimum absolute atomic E-state index is 0.0813. The van der Waals surface area contributed by atoms with Crippen LogP contribution < -0.4 is 5.32 Å². The van der Waals surface area contributed by atoms with Crippen LogP contribution in [0.25, 0.3) is 0 Å². The Morgan fingerprint density at radius 3 is 2.75 bits per heavy atom. The van der Waals surface area contributed by atoms with Crippen molar-refractivity contribution in [3.05, 3.63) is 12.2 Å². The van der Waals surface area contributed by atoms with Crippen LogP contribution in [0.2, 0.25) is 0 Å². The van der Waals surface area contributed by atoms with Gasteiger partial charge in [0.1, 0.15) is 0 Å². The van der Waals surface area contributed by atoms with Crippen LogP contribution >= 0.6 is 0 Å². The van der Waals surface area contributed by atoms with Crippen molar-refractivity contribution in [2.24, 2.45) is 17.8 Å². The SMILES string of the molecule is C[C@@H]([C@@H]1C=CCCC1)[C@@]1(C)NC(=O)[C@H](CCO)[C@]1(C)O. The van der Waals surface area contributed by atoms with Crippen LogP contribution in [0.5, 0.6) is 0 Å². The molecule has 5 atom stereocenters. The van der Waals surface area contributed by atoms with E-state index in [4.69, 9.17) is 5.11 Å². The molecule has 0 radical (unpaired) electrons. The Morgan fingerprint density at radius 1 is 1.50 bits per heavy atom. The Bertz CT molecular complexity index is 405. The smallest absolute Gasteiger partial charge is 0.226 e. The topological polar surface area (TPSA) is 69.6 Å². The van der Waals surface area contributed by atoms with E-state index in [9.17, 15) is 9.90 Å². The first-order valence-electron chi connectivity index (χ1n) is 7.66. The number of carbonyl (C=O) groups excluding carboxylic acids is 1. The molecule has 1 heterocycles. The highest BCUT2D eigenvalue weighted by Crippen LogP contribution is 2.46. The van der Waals surface area contributed by atoms with E-state index in [-0.39, 0.29) is 18.4 Å². The third kappa shape index (κ3) is 2.29. The zero-order valence-electron chi connectivity index (χ0n) is 12.7. The molecular formula is C16H27NO3. The third-order valence-corrected chi connectivity index (χ3v) is 5.69. The molecule has 0 spiro atoms. The Morgan fingerprint density at radius 2 is 2.20 bits per heavy atom. The monoisotopic (exact) mass is 281 g/mol. The predicted molar refractivity (Wildman–Crippen MR) is 78.0 cm³/mol. The van der Waals surface area contributed by atoms with E-state index >= 15 is 0 Å². The summed E-state index contributed by atoms with van der Waals surface area (Å²) in [7, 11) is 0. The fourth-order valence-electron chi connectivity index (χ4n) is 3.89. The zero-order valence-corrected chi connectivity index (χ0v) is 12.7. The van der Waals surface area contributed by atoms with Crippen molar-refractivity contribution in [3.8, 4) is 0 Å². The predicted octanol–water partition coefficient (Wildman–Crippen LogP) is 1.62. The molecule has 1 aliphatic carbocycles. The van der Waals surface area contributed by atoms with Gasteiger partial charge in [-0.25, -0.2) is 0 Å². The lowest BCUT2D eigenvalue weighted by Gasteiger charge is -2.45. The molecule has 0 aromatic heterocycles. The summed E-state index contributed by atoms with van der Waals surface area (Å²) < 4.78 is 0. The second kappa shape index (κ2) is 5.49. The maximum atomic E-state index is 12.2. The molecule has 4 nitrogen and oxygen atoms in total. The molecule has 20 heavy (non-hydrogen) atoms. The summed E-state index contributed by atoms with van der Waals surface area (Å²) in [5.74, 6) is -0.138. The number of aliphatic hydroxyl groups excluding tert-OH is 1. The third-order valence-electron chi connectivity index (χ3n) is 5.69. The highest BCUT2D eigenvalue weighted by molar-refractivity contribution is 5.84. The van der Waals surface area contributed by atoms with E-state index < -0.39 is 17.1 Å². The molecule has 2 rings (SSSR count). The maximum absolute atomic E-state index is 12.2. The molecule has 0 saturated carbocycles. The molecule has 0 aromatic rings. The summed E-state index contributed by atoms with van der Waals surface area (Å²) in [5.41, 5.74) is -1.80. The van der Waals surface area contributed by atoms with Gasteiger partial charge in [-0.05, 0) is 51.4 Å². The second-order valence-electron chi connectivity index (χ2n) is 6.72. The molecule has 1 fully saturated rings. The average Bonchev–Trinajstić information content (AvgIpc) is 2.60. The Hall–Kier alpha value is -0.870. The number of carbonyl (C=O) groups is 1. The van der Waals surface area contributed by atoms with Crippen LogP contribution in [0.15, 0.2) is 12.2 Å². The van der Waals surface area contributed by atoms with Gasteiger partial charge in [-0.2, -0.15) is 0 Å². The fraction of sp³-hybridized carbons (Fsp3) is 0.812. The Labute approximate surface area is 121 Å². The summed E-state index contributed by atoms with van der Waals surface area (Å²) in [6.07, 6.45) is 8.12. The lowest BCUT2D eigenvalue weighted by Crippen LogP contribution is -2.60.